The first-order valence-electron chi connectivity index (χ1n) is 8.34. The minimum atomic E-state index is 0.465. The number of rotatable bonds is 6. The number of hydrogen-bond donors (Lipinski definition) is 1. The summed E-state index contributed by atoms with van der Waals surface area (Å²) in [5.41, 5.74) is 1.40. The van der Waals surface area contributed by atoms with Crippen molar-refractivity contribution < 1.29 is 0 Å². The third-order valence-corrected chi connectivity index (χ3v) is 5.46. The van der Waals surface area contributed by atoms with Gasteiger partial charge in [-0.25, -0.2) is 0 Å². The normalized spacial score (nSPS) is 25.0. The van der Waals surface area contributed by atoms with E-state index in [4.69, 9.17) is 0 Å². The smallest absolute Gasteiger partial charge is 0.0332 e. The molecule has 1 N–H and O–H groups in total. The number of piperidine rings is 1. The Labute approximate surface area is 138 Å². The first-order valence-corrected chi connectivity index (χ1v) is 9.14. The van der Waals surface area contributed by atoms with Gasteiger partial charge in [0.15, 0.2) is 0 Å². The number of halogens is 1. The molecule has 1 aromatic rings. The van der Waals surface area contributed by atoms with Gasteiger partial charge < -0.3 is 10.2 Å². The number of benzene rings is 1. The Kier molecular flexibility index (Phi) is 6.72. The van der Waals surface area contributed by atoms with Crippen molar-refractivity contribution in [1.29, 1.82) is 0 Å². The van der Waals surface area contributed by atoms with E-state index in [1.165, 1.54) is 37.9 Å². The van der Waals surface area contributed by atoms with Crippen molar-refractivity contribution in [3.63, 3.8) is 0 Å². The van der Waals surface area contributed by atoms with E-state index in [9.17, 15) is 0 Å². The number of likely N-dealkylation sites (tertiary alicyclic amines) is 1. The molecule has 0 radical (unpaired) electrons. The predicted octanol–water partition coefficient (Wildman–Crippen LogP) is 4.61. The van der Waals surface area contributed by atoms with Crippen molar-refractivity contribution >= 4 is 15.9 Å². The lowest BCUT2D eigenvalue weighted by Gasteiger charge is -2.38. The second kappa shape index (κ2) is 8.30. The van der Waals surface area contributed by atoms with E-state index in [-0.39, 0.29) is 0 Å². The van der Waals surface area contributed by atoms with E-state index in [0.29, 0.717) is 6.04 Å². The zero-order valence-electron chi connectivity index (χ0n) is 13.6. The van der Waals surface area contributed by atoms with Crippen LogP contribution in [0.25, 0.3) is 0 Å². The molecule has 0 bridgehead atoms. The van der Waals surface area contributed by atoms with Crippen LogP contribution >= 0.6 is 15.9 Å². The van der Waals surface area contributed by atoms with Gasteiger partial charge in [0.2, 0.25) is 0 Å². The molecule has 0 amide bonds. The third-order valence-electron chi connectivity index (χ3n) is 4.93. The summed E-state index contributed by atoms with van der Waals surface area (Å²) < 4.78 is 1.15. The molecule has 1 aromatic carbocycles. The van der Waals surface area contributed by atoms with Crippen LogP contribution < -0.4 is 5.32 Å². The minimum absolute atomic E-state index is 0.465. The van der Waals surface area contributed by atoms with Gasteiger partial charge >= 0.3 is 0 Å². The Morgan fingerprint density at radius 3 is 2.67 bits per heavy atom. The molecule has 0 aromatic heterocycles. The Morgan fingerprint density at radius 1 is 1.29 bits per heavy atom. The van der Waals surface area contributed by atoms with Gasteiger partial charge in [-0.15, -0.1) is 0 Å². The Hall–Kier alpha value is -0.380. The summed E-state index contributed by atoms with van der Waals surface area (Å²) in [6.45, 7) is 10.5. The highest BCUT2D eigenvalue weighted by molar-refractivity contribution is 9.10. The lowest BCUT2D eigenvalue weighted by atomic mass is 9.91. The van der Waals surface area contributed by atoms with Crippen molar-refractivity contribution in [2.75, 3.05) is 19.6 Å². The molecule has 0 saturated carbocycles. The molecule has 0 aliphatic carbocycles. The average Bonchev–Trinajstić information content (AvgIpc) is 2.48. The molecule has 1 aliphatic rings. The monoisotopic (exact) mass is 352 g/mol. The van der Waals surface area contributed by atoms with Gasteiger partial charge in [-0.05, 0) is 62.9 Å². The topological polar surface area (TPSA) is 15.3 Å². The largest absolute Gasteiger partial charge is 0.310 e. The lowest BCUT2D eigenvalue weighted by Crippen LogP contribution is -2.43. The van der Waals surface area contributed by atoms with Gasteiger partial charge in [-0.1, -0.05) is 41.9 Å². The molecule has 0 spiro atoms. The van der Waals surface area contributed by atoms with Gasteiger partial charge in [-0.2, -0.15) is 0 Å². The molecule has 2 nitrogen and oxygen atoms in total. The van der Waals surface area contributed by atoms with E-state index in [2.05, 4.69) is 71.2 Å². The van der Waals surface area contributed by atoms with Crippen molar-refractivity contribution in [2.24, 2.45) is 5.92 Å². The number of nitrogens with one attached hydrogen (secondary N) is 1. The van der Waals surface area contributed by atoms with Gasteiger partial charge in [-0.3, -0.25) is 0 Å². The minimum Gasteiger partial charge on any atom is -0.310 e. The quantitative estimate of drug-likeness (QED) is 0.803. The summed E-state index contributed by atoms with van der Waals surface area (Å²) in [7, 11) is 0. The predicted molar refractivity (Wildman–Crippen MR) is 94.6 cm³/mol. The van der Waals surface area contributed by atoms with Crippen molar-refractivity contribution in [3.8, 4) is 0 Å². The maximum absolute atomic E-state index is 3.64. The second-order valence-corrected chi connectivity index (χ2v) is 7.26. The zero-order chi connectivity index (χ0) is 15.2. The van der Waals surface area contributed by atoms with Crippen LogP contribution in [0.2, 0.25) is 0 Å². The molecule has 118 valence electrons. The van der Waals surface area contributed by atoms with E-state index >= 15 is 0 Å². The third kappa shape index (κ3) is 4.80. The van der Waals surface area contributed by atoms with Gasteiger partial charge in [0.1, 0.15) is 0 Å². The SMILES string of the molecule is CCNC(CCN1CCCC(C)C1C)c1ccc(Br)cc1. The highest BCUT2D eigenvalue weighted by Gasteiger charge is 2.25. The van der Waals surface area contributed by atoms with Gasteiger partial charge in [0.25, 0.3) is 0 Å². The summed E-state index contributed by atoms with van der Waals surface area (Å²) in [6, 6.07) is 9.95. The second-order valence-electron chi connectivity index (χ2n) is 6.35. The molecule has 3 atom stereocenters. The summed E-state index contributed by atoms with van der Waals surface area (Å²) in [5.74, 6) is 0.837. The molecule has 2 rings (SSSR count). The van der Waals surface area contributed by atoms with E-state index in [1.54, 1.807) is 0 Å². The van der Waals surface area contributed by atoms with Gasteiger partial charge in [0, 0.05) is 23.1 Å². The highest BCUT2D eigenvalue weighted by Crippen LogP contribution is 2.25. The van der Waals surface area contributed by atoms with Crippen LogP contribution in [0.15, 0.2) is 28.7 Å². The summed E-state index contributed by atoms with van der Waals surface area (Å²) in [4.78, 5) is 2.68. The number of hydrogen-bond acceptors (Lipinski definition) is 2. The van der Waals surface area contributed by atoms with Crippen LogP contribution in [0.3, 0.4) is 0 Å². The van der Waals surface area contributed by atoms with Crippen LogP contribution in [0, 0.1) is 5.92 Å². The molecule has 3 heteroatoms. The Morgan fingerprint density at radius 2 is 2.00 bits per heavy atom. The molecular weight excluding hydrogens is 324 g/mol. The van der Waals surface area contributed by atoms with Crippen LogP contribution in [0.1, 0.15) is 51.6 Å². The van der Waals surface area contributed by atoms with Crippen LogP contribution in [0.5, 0.6) is 0 Å². The molecule has 1 heterocycles. The highest BCUT2D eigenvalue weighted by atomic mass is 79.9. The molecule has 1 fully saturated rings. The first-order chi connectivity index (χ1) is 10.1. The van der Waals surface area contributed by atoms with Crippen LogP contribution in [-0.2, 0) is 0 Å². The Balaban J connectivity index is 1.95. The lowest BCUT2D eigenvalue weighted by molar-refractivity contribution is 0.109. The fourth-order valence-electron chi connectivity index (χ4n) is 3.36. The fraction of sp³-hybridized carbons (Fsp3) is 0.667. The molecule has 3 unspecified atom stereocenters. The number of nitrogens with zero attached hydrogens (tertiary/aromatic N) is 1. The first kappa shape index (κ1) is 17.0. The van der Waals surface area contributed by atoms with E-state index in [0.717, 1.165) is 23.0 Å². The Bertz CT molecular complexity index is 418. The summed E-state index contributed by atoms with van der Waals surface area (Å²) in [5, 5.41) is 3.64. The standard InChI is InChI=1S/C18H29BrN2/c1-4-20-18(16-7-9-17(19)10-8-16)11-13-21-12-5-6-14(2)15(21)3/h7-10,14-15,18,20H,4-6,11-13H2,1-3H3. The molecule has 1 saturated heterocycles. The van der Waals surface area contributed by atoms with Crippen molar-refractivity contribution in [1.82, 2.24) is 10.2 Å². The van der Waals surface area contributed by atoms with Crippen molar-refractivity contribution in [3.05, 3.63) is 34.3 Å². The van der Waals surface area contributed by atoms with E-state index < -0.39 is 0 Å². The van der Waals surface area contributed by atoms with Gasteiger partial charge in [0.05, 0.1) is 0 Å². The maximum Gasteiger partial charge on any atom is 0.0332 e. The van der Waals surface area contributed by atoms with Crippen LogP contribution in [-0.4, -0.2) is 30.6 Å². The summed E-state index contributed by atoms with van der Waals surface area (Å²) >= 11 is 3.52. The maximum atomic E-state index is 3.64. The fourth-order valence-corrected chi connectivity index (χ4v) is 3.62. The van der Waals surface area contributed by atoms with Crippen molar-refractivity contribution in [2.45, 2.75) is 52.1 Å². The molecule has 21 heavy (non-hydrogen) atoms. The average molecular weight is 353 g/mol. The molecule has 1 aliphatic heterocycles. The molecular formula is C18H29BrN2. The van der Waals surface area contributed by atoms with Crippen LogP contribution in [0.4, 0.5) is 0 Å². The summed E-state index contributed by atoms with van der Waals surface area (Å²) in [6.07, 6.45) is 3.93. The van der Waals surface area contributed by atoms with E-state index in [1.807, 2.05) is 0 Å². The zero-order valence-corrected chi connectivity index (χ0v) is 15.2.